The lowest BCUT2D eigenvalue weighted by molar-refractivity contribution is 0.765. The minimum Gasteiger partial charge on any atom is -0.318 e. The molecule has 0 aliphatic carbocycles. The highest BCUT2D eigenvalue weighted by Gasteiger charge is 2.15. The molecule has 2 heterocycles. The van der Waals surface area contributed by atoms with E-state index in [1.807, 2.05) is 25.4 Å². The minimum atomic E-state index is -0.213. The van der Waals surface area contributed by atoms with Crippen LogP contribution in [0, 0.1) is 0 Å². The van der Waals surface area contributed by atoms with Gasteiger partial charge in [-0.1, -0.05) is 15.9 Å². The van der Waals surface area contributed by atoms with Gasteiger partial charge in [0.25, 0.3) is 0 Å². The molecular formula is C12H11BrN4S. The van der Waals surface area contributed by atoms with E-state index in [4.69, 9.17) is 5.73 Å². The number of nitrogens with two attached hydrogens (primary N) is 1. The van der Waals surface area contributed by atoms with Gasteiger partial charge in [0.2, 0.25) is 0 Å². The molecule has 0 saturated carbocycles. The number of hydrogen-bond acceptors (Lipinski definition) is 4. The average Bonchev–Trinajstić information content (AvgIpc) is 2.93. The summed E-state index contributed by atoms with van der Waals surface area (Å²) in [6.07, 6.45) is 3.71. The molecule has 0 saturated heterocycles. The SMILES string of the molecule is Cn1cc(C(N)c2nc3ccc(Br)cc3s2)cn1. The molecule has 0 radical (unpaired) electrons. The maximum Gasteiger partial charge on any atom is 0.115 e. The quantitative estimate of drug-likeness (QED) is 0.789. The Kier molecular flexibility index (Phi) is 2.93. The highest BCUT2D eigenvalue weighted by atomic mass is 79.9. The Hall–Kier alpha value is -1.24. The van der Waals surface area contributed by atoms with Gasteiger partial charge in [0.15, 0.2) is 0 Å². The zero-order valence-electron chi connectivity index (χ0n) is 9.67. The Morgan fingerprint density at radius 2 is 2.28 bits per heavy atom. The number of halogens is 1. The van der Waals surface area contributed by atoms with Gasteiger partial charge in [-0.3, -0.25) is 4.68 Å². The number of rotatable bonds is 2. The number of aryl methyl sites for hydroxylation is 1. The van der Waals surface area contributed by atoms with E-state index in [1.165, 1.54) is 0 Å². The molecule has 3 rings (SSSR count). The van der Waals surface area contributed by atoms with Gasteiger partial charge in [0.05, 0.1) is 22.5 Å². The Morgan fingerprint density at radius 3 is 3.00 bits per heavy atom. The topological polar surface area (TPSA) is 56.7 Å². The van der Waals surface area contributed by atoms with Crippen LogP contribution in [0.25, 0.3) is 10.2 Å². The number of nitrogens with zero attached hydrogens (tertiary/aromatic N) is 3. The molecular weight excluding hydrogens is 312 g/mol. The highest BCUT2D eigenvalue weighted by molar-refractivity contribution is 9.10. The molecule has 1 atom stereocenters. The fourth-order valence-corrected chi connectivity index (χ4v) is 3.34. The number of aromatic nitrogens is 3. The zero-order chi connectivity index (χ0) is 12.7. The first kappa shape index (κ1) is 11.8. The maximum absolute atomic E-state index is 6.21. The van der Waals surface area contributed by atoms with Crippen LogP contribution in [0.5, 0.6) is 0 Å². The number of hydrogen-bond donors (Lipinski definition) is 1. The summed E-state index contributed by atoms with van der Waals surface area (Å²) in [6.45, 7) is 0. The van der Waals surface area contributed by atoms with Crippen molar-refractivity contribution in [2.24, 2.45) is 12.8 Å². The predicted octanol–water partition coefficient (Wildman–Crippen LogP) is 2.84. The van der Waals surface area contributed by atoms with Crippen molar-refractivity contribution >= 4 is 37.5 Å². The van der Waals surface area contributed by atoms with Gasteiger partial charge < -0.3 is 5.73 Å². The van der Waals surface area contributed by atoms with Crippen LogP contribution in [0.2, 0.25) is 0 Å². The molecule has 2 aromatic heterocycles. The van der Waals surface area contributed by atoms with Gasteiger partial charge >= 0.3 is 0 Å². The van der Waals surface area contributed by atoms with E-state index in [0.717, 1.165) is 25.3 Å². The molecule has 4 nitrogen and oxygen atoms in total. The fraction of sp³-hybridized carbons (Fsp3) is 0.167. The molecule has 0 bridgehead atoms. The zero-order valence-corrected chi connectivity index (χ0v) is 12.1. The Bertz CT molecular complexity index is 703. The van der Waals surface area contributed by atoms with Crippen LogP contribution in [0.3, 0.4) is 0 Å². The monoisotopic (exact) mass is 322 g/mol. The van der Waals surface area contributed by atoms with E-state index in [-0.39, 0.29) is 6.04 Å². The van der Waals surface area contributed by atoms with Crippen molar-refractivity contribution in [2.45, 2.75) is 6.04 Å². The standard InChI is InChI=1S/C12H11BrN4S/c1-17-6-7(5-15-17)11(14)12-16-9-3-2-8(13)4-10(9)18-12/h2-6,11H,14H2,1H3. The van der Waals surface area contributed by atoms with Crippen molar-refractivity contribution in [3.63, 3.8) is 0 Å². The largest absolute Gasteiger partial charge is 0.318 e. The highest BCUT2D eigenvalue weighted by Crippen LogP contribution is 2.30. The molecule has 2 N–H and O–H groups in total. The first-order valence-corrected chi connectivity index (χ1v) is 7.04. The second-order valence-corrected chi connectivity index (χ2v) is 6.07. The number of benzene rings is 1. The molecule has 3 aromatic rings. The normalized spacial score (nSPS) is 13.1. The third-order valence-electron chi connectivity index (χ3n) is 2.72. The summed E-state index contributed by atoms with van der Waals surface area (Å²) in [5, 5.41) is 5.05. The second-order valence-electron chi connectivity index (χ2n) is 4.09. The molecule has 0 spiro atoms. The molecule has 0 amide bonds. The first-order valence-electron chi connectivity index (χ1n) is 5.43. The van der Waals surface area contributed by atoms with Crippen molar-refractivity contribution in [3.05, 3.63) is 45.6 Å². The first-order chi connectivity index (χ1) is 8.63. The maximum atomic E-state index is 6.21. The van der Waals surface area contributed by atoms with E-state index in [0.29, 0.717) is 0 Å². The molecule has 0 aliphatic rings. The van der Waals surface area contributed by atoms with Crippen LogP contribution in [-0.2, 0) is 7.05 Å². The van der Waals surface area contributed by atoms with E-state index >= 15 is 0 Å². The third kappa shape index (κ3) is 2.07. The van der Waals surface area contributed by atoms with Crippen LogP contribution >= 0.6 is 27.3 Å². The molecule has 1 aromatic carbocycles. The second kappa shape index (κ2) is 4.46. The predicted molar refractivity (Wildman–Crippen MR) is 76.6 cm³/mol. The third-order valence-corrected chi connectivity index (χ3v) is 4.31. The smallest absolute Gasteiger partial charge is 0.115 e. The van der Waals surface area contributed by atoms with E-state index in [2.05, 4.69) is 32.1 Å². The van der Waals surface area contributed by atoms with Gasteiger partial charge in [-0.15, -0.1) is 11.3 Å². The van der Waals surface area contributed by atoms with Gasteiger partial charge in [-0.05, 0) is 18.2 Å². The van der Waals surface area contributed by atoms with Crippen LogP contribution in [0.4, 0.5) is 0 Å². The Balaban J connectivity index is 2.03. The van der Waals surface area contributed by atoms with Crippen LogP contribution < -0.4 is 5.73 Å². The molecule has 0 aliphatic heterocycles. The molecule has 6 heteroatoms. The number of fused-ring (bicyclic) bond motifs is 1. The van der Waals surface area contributed by atoms with Crippen LogP contribution in [0.1, 0.15) is 16.6 Å². The summed E-state index contributed by atoms with van der Waals surface area (Å²) in [5.41, 5.74) is 8.18. The van der Waals surface area contributed by atoms with Gasteiger partial charge in [0.1, 0.15) is 5.01 Å². The van der Waals surface area contributed by atoms with E-state index < -0.39 is 0 Å². The van der Waals surface area contributed by atoms with Crippen molar-refractivity contribution in [3.8, 4) is 0 Å². The number of thiazole rings is 1. The summed E-state index contributed by atoms with van der Waals surface area (Å²) in [4.78, 5) is 4.58. The van der Waals surface area contributed by atoms with Gasteiger partial charge in [-0.2, -0.15) is 5.10 Å². The summed E-state index contributed by atoms with van der Waals surface area (Å²) >= 11 is 5.08. The van der Waals surface area contributed by atoms with E-state index in [9.17, 15) is 0 Å². The van der Waals surface area contributed by atoms with Crippen molar-refractivity contribution in [1.29, 1.82) is 0 Å². The Labute approximate surface area is 117 Å². The minimum absolute atomic E-state index is 0.213. The fourth-order valence-electron chi connectivity index (χ4n) is 1.79. The van der Waals surface area contributed by atoms with Crippen molar-refractivity contribution < 1.29 is 0 Å². The van der Waals surface area contributed by atoms with Crippen molar-refractivity contribution in [2.75, 3.05) is 0 Å². The summed E-state index contributed by atoms with van der Waals surface area (Å²) < 4.78 is 3.94. The lowest BCUT2D eigenvalue weighted by atomic mass is 10.2. The van der Waals surface area contributed by atoms with Crippen LogP contribution in [-0.4, -0.2) is 14.8 Å². The summed E-state index contributed by atoms with van der Waals surface area (Å²) in [6, 6.07) is 5.83. The summed E-state index contributed by atoms with van der Waals surface area (Å²) in [7, 11) is 1.88. The van der Waals surface area contributed by atoms with Crippen molar-refractivity contribution in [1.82, 2.24) is 14.8 Å². The Morgan fingerprint density at radius 1 is 1.44 bits per heavy atom. The molecule has 0 fully saturated rings. The molecule has 18 heavy (non-hydrogen) atoms. The molecule has 92 valence electrons. The lowest BCUT2D eigenvalue weighted by Crippen LogP contribution is -2.10. The lowest BCUT2D eigenvalue weighted by Gasteiger charge is -2.03. The van der Waals surface area contributed by atoms with Crippen LogP contribution in [0.15, 0.2) is 35.1 Å². The van der Waals surface area contributed by atoms with E-state index in [1.54, 1.807) is 22.2 Å². The molecule has 1 unspecified atom stereocenters. The average molecular weight is 323 g/mol. The summed E-state index contributed by atoms with van der Waals surface area (Å²) in [5.74, 6) is 0. The van der Waals surface area contributed by atoms with Gasteiger partial charge in [0, 0.05) is 23.3 Å². The van der Waals surface area contributed by atoms with Gasteiger partial charge in [-0.25, -0.2) is 4.98 Å².